The number of furan rings is 1. The van der Waals surface area contributed by atoms with Gasteiger partial charge in [-0.3, -0.25) is 19.7 Å². The Morgan fingerprint density at radius 1 is 0.931 bits per heavy atom. The SMILES string of the molecule is O=C(Nc1c(C(=O)Nc2ccc([N+](=O)[O-])cc2)oc2ccccc12)c1cccs1. The number of nitro groups is 1. The van der Waals surface area contributed by atoms with Crippen molar-refractivity contribution in [1.82, 2.24) is 0 Å². The van der Waals surface area contributed by atoms with Crippen LogP contribution in [-0.4, -0.2) is 16.7 Å². The van der Waals surface area contributed by atoms with Gasteiger partial charge in [0.1, 0.15) is 11.3 Å². The van der Waals surface area contributed by atoms with Crippen LogP contribution in [0, 0.1) is 10.1 Å². The third kappa shape index (κ3) is 3.71. The molecule has 0 aliphatic rings. The van der Waals surface area contributed by atoms with Crippen LogP contribution < -0.4 is 10.6 Å². The van der Waals surface area contributed by atoms with Crippen LogP contribution in [-0.2, 0) is 0 Å². The van der Waals surface area contributed by atoms with E-state index in [2.05, 4.69) is 10.6 Å². The summed E-state index contributed by atoms with van der Waals surface area (Å²) >= 11 is 1.28. The van der Waals surface area contributed by atoms with Gasteiger partial charge in [0.15, 0.2) is 0 Å². The Balaban J connectivity index is 1.66. The summed E-state index contributed by atoms with van der Waals surface area (Å²) < 4.78 is 5.68. The summed E-state index contributed by atoms with van der Waals surface area (Å²) in [6.45, 7) is 0. The molecule has 0 aliphatic heterocycles. The largest absolute Gasteiger partial charge is 0.449 e. The van der Waals surface area contributed by atoms with Gasteiger partial charge in [-0.2, -0.15) is 0 Å². The molecule has 0 aliphatic carbocycles. The van der Waals surface area contributed by atoms with Gasteiger partial charge in [-0.05, 0) is 35.7 Å². The number of carbonyl (C=O) groups excluding carboxylic acids is 2. The second-order valence-corrected chi connectivity index (χ2v) is 6.94. The number of non-ortho nitro benzene ring substituents is 1. The topological polar surface area (TPSA) is 114 Å². The Bertz CT molecular complexity index is 1210. The fraction of sp³-hybridized carbons (Fsp3) is 0. The molecule has 0 bridgehead atoms. The van der Waals surface area contributed by atoms with Crippen LogP contribution in [0.1, 0.15) is 20.2 Å². The van der Waals surface area contributed by atoms with Crippen molar-refractivity contribution in [3.05, 3.63) is 86.8 Å². The number of anilines is 2. The summed E-state index contributed by atoms with van der Waals surface area (Å²) in [5.74, 6) is -0.998. The number of rotatable bonds is 5. The maximum absolute atomic E-state index is 12.8. The summed E-state index contributed by atoms with van der Waals surface area (Å²) in [5.41, 5.74) is 0.980. The maximum Gasteiger partial charge on any atom is 0.293 e. The standard InChI is InChI=1S/C20H13N3O5S/c24-19(16-6-3-11-29-16)22-17-14-4-1-2-5-15(14)28-18(17)20(25)21-12-7-9-13(10-8-12)23(26)27/h1-11H,(H,21,25)(H,22,24). The first-order valence-corrected chi connectivity index (χ1v) is 9.33. The van der Waals surface area contributed by atoms with Crippen molar-refractivity contribution in [3.8, 4) is 0 Å². The first-order valence-electron chi connectivity index (χ1n) is 8.45. The van der Waals surface area contributed by atoms with Crippen molar-refractivity contribution >= 4 is 51.2 Å². The highest BCUT2D eigenvalue weighted by Crippen LogP contribution is 2.32. The minimum Gasteiger partial charge on any atom is -0.449 e. The average Bonchev–Trinajstić information content (AvgIpc) is 3.37. The van der Waals surface area contributed by atoms with E-state index < -0.39 is 10.8 Å². The number of thiophene rings is 1. The number of carbonyl (C=O) groups is 2. The van der Waals surface area contributed by atoms with Gasteiger partial charge in [0.05, 0.1) is 9.80 Å². The van der Waals surface area contributed by atoms with Crippen LogP contribution in [0.2, 0.25) is 0 Å². The van der Waals surface area contributed by atoms with E-state index >= 15 is 0 Å². The van der Waals surface area contributed by atoms with Crippen LogP contribution in [0.3, 0.4) is 0 Å². The molecule has 9 heteroatoms. The Hall–Kier alpha value is -3.98. The molecule has 2 aromatic heterocycles. The van der Waals surface area contributed by atoms with E-state index in [1.165, 1.54) is 35.6 Å². The fourth-order valence-electron chi connectivity index (χ4n) is 2.77. The molecule has 2 heterocycles. The zero-order valence-electron chi connectivity index (χ0n) is 14.7. The molecular formula is C20H13N3O5S. The minimum atomic E-state index is -0.587. The molecule has 0 saturated heterocycles. The summed E-state index contributed by atoms with van der Waals surface area (Å²) in [5, 5.41) is 18.5. The summed E-state index contributed by atoms with van der Waals surface area (Å²) in [6, 6.07) is 15.8. The number of benzene rings is 2. The molecule has 0 saturated carbocycles. The van der Waals surface area contributed by atoms with Crippen molar-refractivity contribution in [2.45, 2.75) is 0 Å². The number of nitro benzene ring substituents is 1. The Morgan fingerprint density at radius 2 is 1.69 bits per heavy atom. The number of fused-ring (bicyclic) bond motifs is 1. The number of para-hydroxylation sites is 1. The summed E-state index contributed by atoms with van der Waals surface area (Å²) in [4.78, 5) is 36.1. The summed E-state index contributed by atoms with van der Waals surface area (Å²) in [6.07, 6.45) is 0. The molecular weight excluding hydrogens is 394 g/mol. The van der Waals surface area contributed by atoms with E-state index in [4.69, 9.17) is 4.42 Å². The van der Waals surface area contributed by atoms with Crippen LogP contribution in [0.5, 0.6) is 0 Å². The molecule has 4 aromatic rings. The Morgan fingerprint density at radius 3 is 2.38 bits per heavy atom. The lowest BCUT2D eigenvalue weighted by atomic mass is 10.2. The van der Waals surface area contributed by atoms with Gasteiger partial charge in [0.25, 0.3) is 17.5 Å². The maximum atomic E-state index is 12.8. The first kappa shape index (κ1) is 18.4. The minimum absolute atomic E-state index is 0.0607. The van der Waals surface area contributed by atoms with E-state index in [0.29, 0.717) is 21.5 Å². The van der Waals surface area contributed by atoms with Crippen molar-refractivity contribution < 1.29 is 18.9 Å². The predicted octanol–water partition coefficient (Wildman–Crippen LogP) is 4.91. The molecule has 2 amide bonds. The zero-order valence-corrected chi connectivity index (χ0v) is 15.6. The monoisotopic (exact) mass is 407 g/mol. The second-order valence-electron chi connectivity index (χ2n) is 5.99. The van der Waals surface area contributed by atoms with E-state index in [1.54, 1.807) is 41.8 Å². The van der Waals surface area contributed by atoms with Gasteiger partial charge in [-0.25, -0.2) is 0 Å². The first-order chi connectivity index (χ1) is 14.0. The zero-order chi connectivity index (χ0) is 20.4. The summed E-state index contributed by atoms with van der Waals surface area (Å²) in [7, 11) is 0. The van der Waals surface area contributed by atoms with Gasteiger partial charge >= 0.3 is 0 Å². The quantitative estimate of drug-likeness (QED) is 0.360. The van der Waals surface area contributed by atoms with Gasteiger partial charge < -0.3 is 15.1 Å². The normalized spacial score (nSPS) is 10.6. The third-order valence-electron chi connectivity index (χ3n) is 4.12. The van der Waals surface area contributed by atoms with Crippen LogP contribution in [0.15, 0.2) is 70.5 Å². The van der Waals surface area contributed by atoms with Gasteiger partial charge in [-0.15, -0.1) is 11.3 Å². The number of nitrogens with zero attached hydrogens (tertiary/aromatic N) is 1. The van der Waals surface area contributed by atoms with Crippen molar-refractivity contribution in [3.63, 3.8) is 0 Å². The number of hydrogen-bond acceptors (Lipinski definition) is 6. The highest BCUT2D eigenvalue weighted by Gasteiger charge is 2.23. The van der Waals surface area contributed by atoms with E-state index in [1.807, 2.05) is 0 Å². The smallest absolute Gasteiger partial charge is 0.293 e. The van der Waals surface area contributed by atoms with Crippen molar-refractivity contribution in [2.75, 3.05) is 10.6 Å². The lowest BCUT2D eigenvalue weighted by molar-refractivity contribution is -0.384. The van der Waals surface area contributed by atoms with E-state index in [9.17, 15) is 19.7 Å². The number of hydrogen-bond donors (Lipinski definition) is 2. The van der Waals surface area contributed by atoms with Crippen LogP contribution in [0.25, 0.3) is 11.0 Å². The van der Waals surface area contributed by atoms with Gasteiger partial charge in [-0.1, -0.05) is 18.2 Å². The lowest BCUT2D eigenvalue weighted by Crippen LogP contribution is -2.16. The van der Waals surface area contributed by atoms with Gasteiger partial charge in [0.2, 0.25) is 5.76 Å². The number of nitrogens with one attached hydrogen (secondary N) is 2. The molecule has 0 atom stereocenters. The Kier molecular flexibility index (Phi) is 4.80. The third-order valence-corrected chi connectivity index (χ3v) is 4.99. The van der Waals surface area contributed by atoms with Gasteiger partial charge in [0, 0.05) is 23.2 Å². The molecule has 0 spiro atoms. The molecule has 144 valence electrons. The molecule has 0 fully saturated rings. The number of amides is 2. The van der Waals surface area contributed by atoms with Crippen molar-refractivity contribution in [2.24, 2.45) is 0 Å². The molecule has 8 nitrogen and oxygen atoms in total. The molecule has 29 heavy (non-hydrogen) atoms. The van der Waals surface area contributed by atoms with Crippen molar-refractivity contribution in [1.29, 1.82) is 0 Å². The highest BCUT2D eigenvalue weighted by molar-refractivity contribution is 7.12. The van der Waals surface area contributed by atoms with E-state index in [-0.39, 0.29) is 23.0 Å². The second kappa shape index (κ2) is 7.56. The molecule has 0 unspecified atom stereocenters. The molecule has 2 aromatic carbocycles. The molecule has 4 rings (SSSR count). The Labute approximate surface area is 167 Å². The van der Waals surface area contributed by atoms with Crippen LogP contribution in [0.4, 0.5) is 17.1 Å². The molecule has 2 N–H and O–H groups in total. The molecule has 0 radical (unpaired) electrons. The average molecular weight is 407 g/mol. The van der Waals surface area contributed by atoms with Crippen LogP contribution >= 0.6 is 11.3 Å². The lowest BCUT2D eigenvalue weighted by Gasteiger charge is -2.06. The highest BCUT2D eigenvalue weighted by atomic mass is 32.1. The fourth-order valence-corrected chi connectivity index (χ4v) is 3.39. The van der Waals surface area contributed by atoms with E-state index in [0.717, 1.165) is 0 Å². The predicted molar refractivity (Wildman–Crippen MR) is 110 cm³/mol.